The van der Waals surface area contributed by atoms with E-state index in [1.165, 1.54) is 18.2 Å². The molecule has 5 rings (SSSR count). The first-order valence-corrected chi connectivity index (χ1v) is 11.2. The normalized spacial score (nSPS) is 18.0. The third-order valence-corrected chi connectivity index (χ3v) is 6.43. The van der Waals surface area contributed by atoms with E-state index < -0.39 is 17.7 Å². The molecule has 1 unspecified atom stereocenters. The van der Waals surface area contributed by atoms with E-state index in [9.17, 15) is 24.3 Å². The lowest BCUT2D eigenvalue weighted by molar-refractivity contribution is 0.132. The number of phenols is 1. The number of nitrogens with zero attached hydrogens (tertiary/aromatic N) is 3. The largest absolute Gasteiger partial charge is 0.506 e. The third kappa shape index (κ3) is 4.16. The number of aliphatic hydroxyl groups excluding tert-OH is 1. The Hall–Kier alpha value is -4.06. The number of nitriles is 1. The van der Waals surface area contributed by atoms with Gasteiger partial charge in [-0.05, 0) is 47.9 Å². The van der Waals surface area contributed by atoms with E-state index in [4.69, 9.17) is 5.73 Å². The molecule has 3 aromatic carbocycles. The molecule has 0 amide bonds. The maximum Gasteiger partial charge on any atom is 0.141 e. The van der Waals surface area contributed by atoms with Gasteiger partial charge in [0, 0.05) is 47.9 Å². The molecule has 1 aliphatic rings. The molecule has 4 N–H and O–H groups in total. The molecule has 1 aliphatic heterocycles. The highest BCUT2D eigenvalue weighted by Crippen LogP contribution is 2.41. The second-order valence-electron chi connectivity index (χ2n) is 8.69. The minimum atomic E-state index is -0.774. The molecule has 0 saturated carbocycles. The van der Waals surface area contributed by atoms with Gasteiger partial charge in [-0.3, -0.25) is 4.98 Å². The maximum atomic E-state index is 14.1. The molecule has 176 valence electrons. The first-order valence-electron chi connectivity index (χ1n) is 11.2. The van der Waals surface area contributed by atoms with Crippen LogP contribution in [0.2, 0.25) is 0 Å². The molecule has 35 heavy (non-hydrogen) atoms. The number of fused-ring (bicyclic) bond motifs is 1. The van der Waals surface area contributed by atoms with Gasteiger partial charge in [0.1, 0.15) is 23.5 Å². The summed E-state index contributed by atoms with van der Waals surface area (Å²) in [5.74, 6) is -1.55. The Morgan fingerprint density at radius 3 is 2.51 bits per heavy atom. The molecule has 0 bridgehead atoms. The number of phenolic OH excluding ortho intramolecular Hbond substituents is 1. The van der Waals surface area contributed by atoms with Crippen molar-refractivity contribution in [2.75, 3.05) is 18.0 Å². The molecule has 8 heteroatoms. The highest BCUT2D eigenvalue weighted by atomic mass is 19.1. The lowest BCUT2D eigenvalue weighted by Crippen LogP contribution is -2.50. The predicted molar refractivity (Wildman–Crippen MR) is 130 cm³/mol. The summed E-state index contributed by atoms with van der Waals surface area (Å²) in [6, 6.07) is 15.2. The summed E-state index contributed by atoms with van der Waals surface area (Å²) in [5.41, 5.74) is 9.40. The van der Waals surface area contributed by atoms with Crippen LogP contribution in [-0.4, -0.2) is 40.4 Å². The fourth-order valence-electron chi connectivity index (χ4n) is 4.63. The van der Waals surface area contributed by atoms with E-state index in [0.29, 0.717) is 51.8 Å². The molecular formula is C27H22F2N4O2. The quantitative estimate of drug-likeness (QED) is 0.410. The second kappa shape index (κ2) is 8.95. The van der Waals surface area contributed by atoms with Gasteiger partial charge < -0.3 is 20.8 Å². The van der Waals surface area contributed by atoms with Gasteiger partial charge in [-0.15, -0.1) is 0 Å². The van der Waals surface area contributed by atoms with E-state index >= 15 is 0 Å². The van der Waals surface area contributed by atoms with Crippen molar-refractivity contribution in [1.29, 1.82) is 5.26 Å². The van der Waals surface area contributed by atoms with Crippen LogP contribution in [0, 0.1) is 23.0 Å². The van der Waals surface area contributed by atoms with Gasteiger partial charge in [0.05, 0.1) is 22.9 Å². The van der Waals surface area contributed by atoms with Crippen LogP contribution in [0.25, 0.3) is 33.2 Å². The fraction of sp³-hybridized carbons (Fsp3) is 0.185. The van der Waals surface area contributed by atoms with Crippen LogP contribution in [0.15, 0.2) is 60.8 Å². The standard InChI is InChI=1S/C27H22F2N4O2/c28-18-8-17(9-19(29)11-18)22-13-32-24-5-4-15(20-3-1-2-16(12-30)27(20)35)10-21(24)26(22)33-7-6-23(31)25(34)14-33/h1-5,8-11,13,23,25,34-35H,6-7,14,31H2/t23?,25-/m0/s1. The van der Waals surface area contributed by atoms with E-state index in [1.54, 1.807) is 30.5 Å². The van der Waals surface area contributed by atoms with Crippen LogP contribution in [-0.2, 0) is 0 Å². The number of nitrogens with two attached hydrogens (primary N) is 1. The lowest BCUT2D eigenvalue weighted by atomic mass is 9.95. The van der Waals surface area contributed by atoms with Crippen molar-refractivity contribution in [3.05, 3.63) is 78.0 Å². The summed E-state index contributed by atoms with van der Waals surface area (Å²) in [6.45, 7) is 0.770. The summed E-state index contributed by atoms with van der Waals surface area (Å²) in [6.07, 6.45) is 1.33. The number of hydrogen-bond donors (Lipinski definition) is 3. The summed E-state index contributed by atoms with van der Waals surface area (Å²) in [5, 5.41) is 31.1. The van der Waals surface area contributed by atoms with Gasteiger partial charge in [0.15, 0.2) is 0 Å². The number of benzene rings is 3. The Bertz CT molecular complexity index is 1460. The van der Waals surface area contributed by atoms with Crippen LogP contribution in [0.4, 0.5) is 14.5 Å². The van der Waals surface area contributed by atoms with Crippen molar-refractivity contribution in [3.63, 3.8) is 0 Å². The first-order chi connectivity index (χ1) is 16.9. The van der Waals surface area contributed by atoms with Crippen LogP contribution in [0.1, 0.15) is 12.0 Å². The van der Waals surface area contributed by atoms with Gasteiger partial charge in [-0.1, -0.05) is 18.2 Å². The van der Waals surface area contributed by atoms with Crippen molar-refractivity contribution in [2.45, 2.75) is 18.6 Å². The summed E-state index contributed by atoms with van der Waals surface area (Å²) < 4.78 is 28.3. The summed E-state index contributed by atoms with van der Waals surface area (Å²) in [7, 11) is 0. The van der Waals surface area contributed by atoms with Crippen LogP contribution in [0.5, 0.6) is 5.75 Å². The predicted octanol–water partition coefficient (Wildman–Crippen LogP) is 4.32. The molecule has 0 radical (unpaired) electrons. The summed E-state index contributed by atoms with van der Waals surface area (Å²) >= 11 is 0. The Labute approximate surface area is 200 Å². The average Bonchev–Trinajstić information content (AvgIpc) is 2.84. The minimum absolute atomic E-state index is 0.133. The molecule has 0 spiro atoms. The third-order valence-electron chi connectivity index (χ3n) is 6.43. The number of anilines is 1. The Balaban J connectivity index is 1.77. The number of pyridine rings is 1. The van der Waals surface area contributed by atoms with Gasteiger partial charge in [-0.2, -0.15) is 5.26 Å². The molecule has 2 heterocycles. The minimum Gasteiger partial charge on any atom is -0.506 e. The molecule has 4 aromatic rings. The molecule has 6 nitrogen and oxygen atoms in total. The molecule has 2 atom stereocenters. The number of hydrogen-bond acceptors (Lipinski definition) is 6. The second-order valence-corrected chi connectivity index (χ2v) is 8.69. The van der Waals surface area contributed by atoms with Crippen molar-refractivity contribution in [1.82, 2.24) is 4.98 Å². The number of aliphatic hydroxyl groups is 1. The van der Waals surface area contributed by atoms with Gasteiger partial charge in [0.2, 0.25) is 0 Å². The smallest absolute Gasteiger partial charge is 0.141 e. The van der Waals surface area contributed by atoms with Gasteiger partial charge in [0.25, 0.3) is 0 Å². The van der Waals surface area contributed by atoms with E-state index in [2.05, 4.69) is 4.98 Å². The van der Waals surface area contributed by atoms with Gasteiger partial charge in [-0.25, -0.2) is 8.78 Å². The Kier molecular flexibility index (Phi) is 5.81. The van der Waals surface area contributed by atoms with E-state index in [0.717, 1.165) is 6.07 Å². The number of β-amino-alcohol motifs (C(OH)–C–C–N with tert-alkyl or cyclic N) is 1. The zero-order valence-electron chi connectivity index (χ0n) is 18.6. The fourth-order valence-corrected chi connectivity index (χ4v) is 4.63. The van der Waals surface area contributed by atoms with E-state index in [-0.39, 0.29) is 23.9 Å². The Morgan fingerprint density at radius 2 is 1.80 bits per heavy atom. The monoisotopic (exact) mass is 472 g/mol. The first kappa shape index (κ1) is 22.7. The number of para-hydroxylation sites is 1. The van der Waals surface area contributed by atoms with Crippen molar-refractivity contribution >= 4 is 16.6 Å². The highest BCUT2D eigenvalue weighted by Gasteiger charge is 2.28. The van der Waals surface area contributed by atoms with Crippen LogP contribution >= 0.6 is 0 Å². The molecular weight excluding hydrogens is 450 g/mol. The van der Waals surface area contributed by atoms with E-state index in [1.807, 2.05) is 17.0 Å². The molecule has 1 aromatic heterocycles. The van der Waals surface area contributed by atoms with Crippen molar-refractivity contribution < 1.29 is 19.0 Å². The topological polar surface area (TPSA) is 106 Å². The lowest BCUT2D eigenvalue weighted by Gasteiger charge is -2.37. The zero-order valence-corrected chi connectivity index (χ0v) is 18.6. The van der Waals surface area contributed by atoms with Gasteiger partial charge >= 0.3 is 0 Å². The van der Waals surface area contributed by atoms with Crippen molar-refractivity contribution in [3.8, 4) is 34.1 Å². The SMILES string of the molecule is N#Cc1cccc(-c2ccc3ncc(-c4cc(F)cc(F)c4)c(N4CCC(N)[C@@H](O)C4)c3c2)c1O. The number of rotatable bonds is 3. The number of aromatic nitrogens is 1. The van der Waals surface area contributed by atoms with Crippen molar-refractivity contribution in [2.24, 2.45) is 5.73 Å². The summed E-state index contributed by atoms with van der Waals surface area (Å²) in [4.78, 5) is 6.47. The number of piperidine rings is 1. The number of aromatic hydroxyl groups is 1. The maximum absolute atomic E-state index is 14.1. The molecule has 1 saturated heterocycles. The average molecular weight is 472 g/mol. The molecule has 0 aliphatic carbocycles. The highest BCUT2D eigenvalue weighted by molar-refractivity contribution is 6.02. The zero-order chi connectivity index (χ0) is 24.7. The van der Waals surface area contributed by atoms with Crippen LogP contribution in [0.3, 0.4) is 0 Å². The number of halogens is 2. The Morgan fingerprint density at radius 1 is 1.03 bits per heavy atom. The molecule has 1 fully saturated rings. The van der Waals surface area contributed by atoms with Crippen LogP contribution < -0.4 is 10.6 Å².